The monoisotopic (exact) mass is 514 g/mol. The number of likely N-dealkylation sites (tertiary alicyclic amines) is 1. The second-order valence-corrected chi connectivity index (χ2v) is 15.8. The molecular formula is C34H63N3. The number of hydrogen-bond donors (Lipinski definition) is 2. The molecule has 0 spiro atoms. The molecule has 3 N–H and O–H groups in total. The molecule has 4 bridgehead atoms. The van der Waals surface area contributed by atoms with Crippen molar-refractivity contribution >= 4 is 0 Å². The fourth-order valence-corrected chi connectivity index (χ4v) is 10.7. The largest absolute Gasteiger partial charge is 0.330 e. The molecule has 1 aliphatic heterocycles. The molecule has 0 aromatic heterocycles. The van der Waals surface area contributed by atoms with E-state index < -0.39 is 0 Å². The number of nitrogens with one attached hydrogen (secondary N) is 1. The van der Waals surface area contributed by atoms with Crippen molar-refractivity contribution in [1.29, 1.82) is 0 Å². The fraction of sp³-hybridized carbons (Fsp3) is 1.00. The van der Waals surface area contributed by atoms with Gasteiger partial charge in [0.2, 0.25) is 0 Å². The van der Waals surface area contributed by atoms with Crippen molar-refractivity contribution in [3.63, 3.8) is 0 Å². The van der Waals surface area contributed by atoms with Crippen LogP contribution >= 0.6 is 0 Å². The van der Waals surface area contributed by atoms with Crippen LogP contribution in [0.2, 0.25) is 0 Å². The van der Waals surface area contributed by atoms with Crippen LogP contribution in [0, 0.1) is 52.3 Å². The first-order chi connectivity index (χ1) is 17.8. The SMILES string of the molecule is CC1(C)C2CCC(C2)C1CCCC(CCCC1C2CCC(C2)C1(C)C)NCC1CCN(CCCN)CC1. The minimum atomic E-state index is 0.608. The summed E-state index contributed by atoms with van der Waals surface area (Å²) in [5, 5.41) is 4.17. The minimum absolute atomic E-state index is 0.608. The molecule has 4 aliphatic carbocycles. The van der Waals surface area contributed by atoms with Crippen LogP contribution in [0.3, 0.4) is 0 Å². The molecule has 1 saturated heterocycles. The van der Waals surface area contributed by atoms with Crippen molar-refractivity contribution in [1.82, 2.24) is 10.2 Å². The van der Waals surface area contributed by atoms with Crippen molar-refractivity contribution in [2.75, 3.05) is 32.7 Å². The number of hydrogen-bond acceptors (Lipinski definition) is 3. The summed E-state index contributed by atoms with van der Waals surface area (Å²) in [7, 11) is 0. The van der Waals surface area contributed by atoms with Gasteiger partial charge in [-0.1, -0.05) is 40.5 Å². The van der Waals surface area contributed by atoms with Crippen molar-refractivity contribution < 1.29 is 0 Å². The van der Waals surface area contributed by atoms with E-state index in [9.17, 15) is 0 Å². The Bertz CT molecular complexity index is 664. The smallest absolute Gasteiger partial charge is 0.00671 e. The van der Waals surface area contributed by atoms with Gasteiger partial charge in [0.15, 0.2) is 0 Å². The normalized spacial score (nSPS) is 37.5. The Kier molecular flexibility index (Phi) is 9.35. The highest BCUT2D eigenvalue weighted by atomic mass is 15.1. The molecule has 37 heavy (non-hydrogen) atoms. The molecule has 5 aliphatic rings. The van der Waals surface area contributed by atoms with Gasteiger partial charge in [0.05, 0.1) is 0 Å². The maximum Gasteiger partial charge on any atom is 0.00671 e. The lowest BCUT2D eigenvalue weighted by molar-refractivity contribution is 0.107. The third kappa shape index (κ3) is 6.30. The zero-order valence-corrected chi connectivity index (χ0v) is 25.3. The molecule has 5 fully saturated rings. The zero-order valence-electron chi connectivity index (χ0n) is 25.3. The minimum Gasteiger partial charge on any atom is -0.330 e. The summed E-state index contributed by atoms with van der Waals surface area (Å²) in [6.45, 7) is 16.3. The quantitative estimate of drug-likeness (QED) is 0.253. The number of nitrogens with zero attached hydrogens (tertiary/aromatic N) is 1. The highest BCUT2D eigenvalue weighted by Crippen LogP contribution is 2.61. The van der Waals surface area contributed by atoms with Crippen LogP contribution in [0.4, 0.5) is 0 Å². The van der Waals surface area contributed by atoms with E-state index in [2.05, 4.69) is 37.9 Å². The van der Waals surface area contributed by atoms with E-state index in [1.807, 2.05) is 0 Å². The van der Waals surface area contributed by atoms with E-state index in [4.69, 9.17) is 5.73 Å². The van der Waals surface area contributed by atoms with E-state index in [1.54, 1.807) is 12.8 Å². The maximum absolute atomic E-state index is 5.74. The van der Waals surface area contributed by atoms with Crippen LogP contribution in [0.15, 0.2) is 0 Å². The Morgan fingerprint density at radius 1 is 0.757 bits per heavy atom. The first-order valence-corrected chi connectivity index (χ1v) is 16.9. The second-order valence-electron chi connectivity index (χ2n) is 15.8. The maximum atomic E-state index is 5.74. The average Bonchev–Trinajstić information content (AvgIpc) is 3.64. The summed E-state index contributed by atoms with van der Waals surface area (Å²) in [5.74, 6) is 7.03. The first-order valence-electron chi connectivity index (χ1n) is 16.9. The average molecular weight is 514 g/mol. The molecular weight excluding hydrogens is 450 g/mol. The molecule has 214 valence electrons. The Balaban J connectivity index is 1.09. The van der Waals surface area contributed by atoms with Crippen LogP contribution < -0.4 is 11.1 Å². The molecule has 5 rings (SSSR count). The summed E-state index contributed by atoms with van der Waals surface area (Å²) in [6.07, 6.45) is 21.8. The van der Waals surface area contributed by atoms with Crippen molar-refractivity contribution in [3.8, 4) is 0 Å². The van der Waals surface area contributed by atoms with Gasteiger partial charge < -0.3 is 16.0 Å². The van der Waals surface area contributed by atoms with Crippen LogP contribution in [-0.2, 0) is 0 Å². The van der Waals surface area contributed by atoms with Gasteiger partial charge in [0.25, 0.3) is 0 Å². The predicted octanol–water partition coefficient (Wildman–Crippen LogP) is 7.49. The first kappa shape index (κ1) is 28.4. The van der Waals surface area contributed by atoms with Crippen molar-refractivity contribution in [2.24, 2.45) is 58.0 Å². The summed E-state index contributed by atoms with van der Waals surface area (Å²) in [4.78, 5) is 2.65. The molecule has 0 aromatic carbocycles. The van der Waals surface area contributed by atoms with Crippen molar-refractivity contribution in [2.45, 2.75) is 130 Å². The van der Waals surface area contributed by atoms with E-state index >= 15 is 0 Å². The Morgan fingerprint density at radius 3 is 1.76 bits per heavy atom. The van der Waals surface area contributed by atoms with Crippen molar-refractivity contribution in [3.05, 3.63) is 0 Å². The zero-order chi connectivity index (χ0) is 26.0. The van der Waals surface area contributed by atoms with Gasteiger partial charge in [-0.25, -0.2) is 0 Å². The highest BCUT2D eigenvalue weighted by molar-refractivity contribution is 5.02. The van der Waals surface area contributed by atoms with Crippen LogP contribution in [0.1, 0.15) is 124 Å². The molecule has 3 nitrogen and oxygen atoms in total. The number of nitrogens with two attached hydrogens (primary N) is 1. The molecule has 0 amide bonds. The molecule has 4 saturated carbocycles. The molecule has 0 radical (unpaired) electrons. The van der Waals surface area contributed by atoms with Gasteiger partial charge in [0, 0.05) is 6.04 Å². The van der Waals surface area contributed by atoms with Crippen LogP contribution in [0.25, 0.3) is 0 Å². The third-order valence-corrected chi connectivity index (χ3v) is 13.3. The van der Waals surface area contributed by atoms with E-state index in [0.29, 0.717) is 10.8 Å². The molecule has 3 heteroatoms. The van der Waals surface area contributed by atoms with E-state index in [-0.39, 0.29) is 0 Å². The number of piperidine rings is 1. The summed E-state index contributed by atoms with van der Waals surface area (Å²) in [5.41, 5.74) is 6.96. The topological polar surface area (TPSA) is 41.3 Å². The molecule has 1 heterocycles. The predicted molar refractivity (Wildman–Crippen MR) is 159 cm³/mol. The Labute approximate surface area is 230 Å². The van der Waals surface area contributed by atoms with E-state index in [0.717, 1.165) is 60.4 Å². The van der Waals surface area contributed by atoms with Gasteiger partial charge in [-0.05, 0) is 168 Å². The third-order valence-electron chi connectivity index (χ3n) is 13.3. The van der Waals surface area contributed by atoms with Gasteiger partial charge in [-0.2, -0.15) is 0 Å². The lowest BCUT2D eigenvalue weighted by Gasteiger charge is -2.39. The molecule has 6 atom stereocenters. The van der Waals surface area contributed by atoms with Gasteiger partial charge >= 0.3 is 0 Å². The highest BCUT2D eigenvalue weighted by Gasteiger charge is 2.52. The lowest BCUT2D eigenvalue weighted by atomic mass is 9.66. The van der Waals surface area contributed by atoms with Crippen LogP contribution in [0.5, 0.6) is 0 Å². The lowest BCUT2D eigenvalue weighted by Crippen LogP contribution is -2.40. The second kappa shape index (κ2) is 12.2. The summed E-state index contributed by atoms with van der Waals surface area (Å²) >= 11 is 0. The van der Waals surface area contributed by atoms with Gasteiger partial charge in [-0.15, -0.1) is 0 Å². The Morgan fingerprint density at radius 2 is 1.30 bits per heavy atom. The number of fused-ring (bicyclic) bond motifs is 4. The molecule has 6 unspecified atom stereocenters. The Hall–Kier alpha value is -0.120. The fourth-order valence-electron chi connectivity index (χ4n) is 10.7. The standard InChI is InChI=1S/C34H63N3/c1-33(2)28-14-12-26(22-28)31(33)10-5-8-30(36-24-25-16-20-37(21-17-25)19-7-18-35)9-6-11-32-27-13-15-29(23-27)34(32,3)4/h25-32,36H,5-24,35H2,1-4H3. The van der Waals surface area contributed by atoms with E-state index in [1.165, 1.54) is 103 Å². The summed E-state index contributed by atoms with van der Waals surface area (Å²) < 4.78 is 0. The van der Waals surface area contributed by atoms with Crippen LogP contribution in [-0.4, -0.2) is 43.7 Å². The van der Waals surface area contributed by atoms with Gasteiger partial charge in [-0.3, -0.25) is 0 Å². The van der Waals surface area contributed by atoms with Gasteiger partial charge in [0.1, 0.15) is 0 Å². The molecule has 0 aromatic rings. The number of rotatable bonds is 14. The summed E-state index contributed by atoms with van der Waals surface area (Å²) in [6, 6.07) is 0.749.